The van der Waals surface area contributed by atoms with E-state index in [1.165, 1.54) is 11.3 Å². The normalized spacial score (nSPS) is 11.6. The summed E-state index contributed by atoms with van der Waals surface area (Å²) in [6, 6.07) is 12.6. The minimum Gasteiger partial charge on any atom is -0.494 e. The second kappa shape index (κ2) is 9.16. The van der Waals surface area contributed by atoms with E-state index in [9.17, 15) is 9.59 Å². The highest BCUT2D eigenvalue weighted by molar-refractivity contribution is 9.10. The molecule has 0 unspecified atom stereocenters. The fourth-order valence-corrected chi connectivity index (χ4v) is 3.95. The van der Waals surface area contributed by atoms with Crippen molar-refractivity contribution < 1.29 is 19.1 Å². The van der Waals surface area contributed by atoms with Crippen molar-refractivity contribution in [2.45, 2.75) is 20.4 Å². The van der Waals surface area contributed by atoms with Crippen LogP contribution in [0.2, 0.25) is 0 Å². The minimum absolute atomic E-state index is 0.0196. The lowest BCUT2D eigenvalue weighted by Crippen LogP contribution is -2.23. The molecule has 146 valence electrons. The molecule has 1 heterocycles. The molecular weight excluding hydrogens is 444 g/mol. The van der Waals surface area contributed by atoms with Crippen molar-refractivity contribution >= 4 is 49.4 Å². The van der Waals surface area contributed by atoms with Crippen LogP contribution >= 0.6 is 27.3 Å². The zero-order chi connectivity index (χ0) is 20.1. The van der Waals surface area contributed by atoms with Crippen molar-refractivity contribution in [2.24, 2.45) is 4.99 Å². The summed E-state index contributed by atoms with van der Waals surface area (Å²) < 4.78 is 14.1. The number of ether oxygens (including phenoxy) is 2. The van der Waals surface area contributed by atoms with E-state index in [1.807, 2.05) is 25.1 Å². The summed E-state index contributed by atoms with van der Waals surface area (Å²) in [6.45, 7) is 4.50. The lowest BCUT2D eigenvalue weighted by molar-refractivity contribution is -0.143. The molecule has 0 atom stereocenters. The molecule has 1 amide bonds. The highest BCUT2D eigenvalue weighted by Gasteiger charge is 2.13. The zero-order valence-corrected chi connectivity index (χ0v) is 17.9. The van der Waals surface area contributed by atoms with Gasteiger partial charge in [0.1, 0.15) is 12.3 Å². The summed E-state index contributed by atoms with van der Waals surface area (Å²) >= 11 is 4.68. The summed E-state index contributed by atoms with van der Waals surface area (Å²) in [5, 5.41) is 0. The van der Waals surface area contributed by atoms with Crippen molar-refractivity contribution in [3.05, 3.63) is 57.3 Å². The van der Waals surface area contributed by atoms with Crippen LogP contribution in [0.1, 0.15) is 24.2 Å². The van der Waals surface area contributed by atoms with Gasteiger partial charge < -0.3 is 14.0 Å². The first-order valence-electron chi connectivity index (χ1n) is 8.78. The van der Waals surface area contributed by atoms with Gasteiger partial charge in [-0.15, -0.1) is 0 Å². The summed E-state index contributed by atoms with van der Waals surface area (Å²) in [5.41, 5.74) is 1.27. The third-order valence-electron chi connectivity index (χ3n) is 3.85. The zero-order valence-electron chi connectivity index (χ0n) is 15.5. The van der Waals surface area contributed by atoms with Crippen LogP contribution in [0.3, 0.4) is 0 Å². The molecule has 0 bridgehead atoms. The molecule has 0 radical (unpaired) electrons. The third kappa shape index (κ3) is 4.69. The highest BCUT2D eigenvalue weighted by Crippen LogP contribution is 2.23. The van der Waals surface area contributed by atoms with E-state index in [0.717, 1.165) is 20.4 Å². The number of hydrogen-bond acceptors (Lipinski definition) is 5. The molecule has 0 spiro atoms. The van der Waals surface area contributed by atoms with E-state index in [-0.39, 0.29) is 18.4 Å². The number of aromatic nitrogens is 1. The molecule has 1 aromatic heterocycles. The third-order valence-corrected chi connectivity index (χ3v) is 5.42. The Bertz CT molecular complexity index is 1070. The molecule has 0 aliphatic carbocycles. The van der Waals surface area contributed by atoms with Gasteiger partial charge in [-0.25, -0.2) is 0 Å². The topological polar surface area (TPSA) is 69.9 Å². The van der Waals surface area contributed by atoms with Crippen molar-refractivity contribution in [3.63, 3.8) is 0 Å². The Balaban J connectivity index is 2.08. The Labute approximate surface area is 174 Å². The van der Waals surface area contributed by atoms with Crippen LogP contribution in [0.15, 0.2) is 51.9 Å². The van der Waals surface area contributed by atoms with Crippen LogP contribution in [0.5, 0.6) is 5.75 Å². The average molecular weight is 463 g/mol. The first-order valence-corrected chi connectivity index (χ1v) is 10.4. The fourth-order valence-electron chi connectivity index (χ4n) is 2.63. The number of nitrogens with zero attached hydrogens (tertiary/aromatic N) is 2. The van der Waals surface area contributed by atoms with E-state index in [4.69, 9.17) is 9.47 Å². The minimum atomic E-state index is -0.381. The second-order valence-electron chi connectivity index (χ2n) is 5.76. The average Bonchev–Trinajstić information content (AvgIpc) is 2.99. The molecule has 3 rings (SSSR count). The number of rotatable bonds is 6. The van der Waals surface area contributed by atoms with Crippen LogP contribution in [-0.2, 0) is 16.1 Å². The van der Waals surface area contributed by atoms with Crippen LogP contribution in [-0.4, -0.2) is 29.7 Å². The summed E-state index contributed by atoms with van der Waals surface area (Å²) in [5.74, 6) is -0.0272. The van der Waals surface area contributed by atoms with E-state index in [0.29, 0.717) is 23.6 Å². The van der Waals surface area contributed by atoms with Gasteiger partial charge in [-0.3, -0.25) is 9.59 Å². The molecule has 0 N–H and O–H groups in total. The van der Waals surface area contributed by atoms with Crippen LogP contribution in [0.25, 0.3) is 10.2 Å². The smallest absolute Gasteiger partial charge is 0.326 e. The largest absolute Gasteiger partial charge is 0.494 e. The molecule has 0 aliphatic rings. The van der Waals surface area contributed by atoms with Crippen molar-refractivity contribution in [2.75, 3.05) is 13.2 Å². The maximum absolute atomic E-state index is 12.6. The van der Waals surface area contributed by atoms with Gasteiger partial charge >= 0.3 is 5.97 Å². The Morgan fingerprint density at radius 2 is 1.86 bits per heavy atom. The van der Waals surface area contributed by atoms with Gasteiger partial charge in [-0.1, -0.05) is 27.3 Å². The monoisotopic (exact) mass is 462 g/mol. The molecule has 0 saturated heterocycles. The number of carbonyl (C=O) groups is 2. The van der Waals surface area contributed by atoms with Gasteiger partial charge in [0.25, 0.3) is 5.91 Å². The number of fused-ring (bicyclic) bond motifs is 1. The molecule has 28 heavy (non-hydrogen) atoms. The number of amides is 1. The van der Waals surface area contributed by atoms with Gasteiger partial charge in [-0.2, -0.15) is 4.99 Å². The van der Waals surface area contributed by atoms with E-state index in [2.05, 4.69) is 20.9 Å². The standard InChI is InChI=1S/C20H19BrN2O4S/c1-3-26-15-9-10-16-17(11-15)28-20(23(16)12-18(24)27-4-2)22-19(25)13-5-7-14(21)8-6-13/h5-11H,3-4,12H2,1-2H3. The van der Waals surface area contributed by atoms with Crippen molar-refractivity contribution in [1.82, 2.24) is 4.57 Å². The summed E-state index contributed by atoms with van der Waals surface area (Å²) in [4.78, 5) is 29.4. The van der Waals surface area contributed by atoms with Gasteiger partial charge in [0.05, 0.1) is 23.4 Å². The lowest BCUT2D eigenvalue weighted by Gasteiger charge is -2.06. The molecule has 0 aliphatic heterocycles. The molecule has 2 aromatic carbocycles. The van der Waals surface area contributed by atoms with Gasteiger partial charge in [0, 0.05) is 10.0 Å². The van der Waals surface area contributed by atoms with Crippen molar-refractivity contribution in [3.8, 4) is 5.75 Å². The van der Waals surface area contributed by atoms with Crippen molar-refractivity contribution in [1.29, 1.82) is 0 Å². The number of hydrogen-bond donors (Lipinski definition) is 0. The number of benzene rings is 2. The van der Waals surface area contributed by atoms with E-state index in [1.54, 1.807) is 35.8 Å². The first kappa shape index (κ1) is 20.3. The van der Waals surface area contributed by atoms with Crippen LogP contribution in [0.4, 0.5) is 0 Å². The Morgan fingerprint density at radius 3 is 2.54 bits per heavy atom. The Morgan fingerprint density at radius 1 is 1.11 bits per heavy atom. The second-order valence-corrected chi connectivity index (χ2v) is 7.69. The van der Waals surface area contributed by atoms with Crippen LogP contribution < -0.4 is 9.54 Å². The summed E-state index contributed by atoms with van der Waals surface area (Å²) in [6.07, 6.45) is 0. The van der Waals surface area contributed by atoms with E-state index >= 15 is 0 Å². The first-order chi connectivity index (χ1) is 13.5. The quantitative estimate of drug-likeness (QED) is 0.515. The molecule has 0 saturated carbocycles. The summed E-state index contributed by atoms with van der Waals surface area (Å²) in [7, 11) is 0. The fraction of sp³-hybridized carbons (Fsp3) is 0.250. The predicted molar refractivity (Wildman–Crippen MR) is 112 cm³/mol. The highest BCUT2D eigenvalue weighted by atomic mass is 79.9. The number of carbonyl (C=O) groups excluding carboxylic acids is 2. The predicted octanol–water partition coefficient (Wildman–Crippen LogP) is 4.17. The number of thiazole rings is 1. The maximum Gasteiger partial charge on any atom is 0.326 e. The number of esters is 1. The molecule has 3 aromatic rings. The Kier molecular flexibility index (Phi) is 6.64. The number of halogens is 1. The van der Waals surface area contributed by atoms with Gasteiger partial charge in [0.2, 0.25) is 0 Å². The van der Waals surface area contributed by atoms with E-state index < -0.39 is 0 Å². The molecule has 8 heteroatoms. The molecule has 0 fully saturated rings. The lowest BCUT2D eigenvalue weighted by atomic mass is 10.2. The van der Waals surface area contributed by atoms with Gasteiger partial charge in [0.15, 0.2) is 4.80 Å². The van der Waals surface area contributed by atoms with Crippen LogP contribution in [0, 0.1) is 0 Å². The molecular formula is C20H19BrN2O4S. The maximum atomic E-state index is 12.6. The van der Waals surface area contributed by atoms with Gasteiger partial charge in [-0.05, 0) is 56.3 Å². The SMILES string of the molecule is CCOC(=O)Cn1c(=NC(=O)c2ccc(Br)cc2)sc2cc(OCC)ccc21. The Hall–Kier alpha value is -2.45. The molecule has 6 nitrogen and oxygen atoms in total.